The normalized spacial score (nSPS) is 9.96. The van der Waals surface area contributed by atoms with Crippen LogP contribution in [0.15, 0.2) is 42.5 Å². The Morgan fingerprint density at radius 3 is 2.52 bits per heavy atom. The molecule has 0 heterocycles. The van der Waals surface area contributed by atoms with Gasteiger partial charge in [-0.2, -0.15) is 0 Å². The number of carbonyl (C=O) groups excluding carboxylic acids is 1. The summed E-state index contributed by atoms with van der Waals surface area (Å²) in [5.74, 6) is -1.98. The minimum Gasteiger partial charge on any atom is -0.507 e. The zero-order valence-corrected chi connectivity index (χ0v) is 13.0. The molecule has 0 radical (unpaired) electrons. The van der Waals surface area contributed by atoms with Gasteiger partial charge in [0.25, 0.3) is 5.91 Å². The van der Waals surface area contributed by atoms with Crippen LogP contribution in [0.2, 0.25) is 0 Å². The molecule has 0 aliphatic heterocycles. The molecule has 0 saturated heterocycles. The average molecular weight is 330 g/mol. The van der Waals surface area contributed by atoms with Crippen LogP contribution in [0.25, 0.3) is 0 Å². The van der Waals surface area contributed by atoms with E-state index in [1.807, 2.05) is 13.0 Å². The van der Waals surface area contributed by atoms with Crippen LogP contribution >= 0.6 is 12.2 Å². The van der Waals surface area contributed by atoms with E-state index in [-0.39, 0.29) is 22.3 Å². The standard InChI is InChI=1S/C16H14N2O4S/c1-9-3-2-4-10(7-9)14(20)18-16(23)17-11-5-6-13(19)12(8-11)15(21)22/h2-8,19H,1H3,(H,21,22)(H2,17,18,20,23). The van der Waals surface area contributed by atoms with Crippen LogP contribution in [0, 0.1) is 6.92 Å². The van der Waals surface area contributed by atoms with E-state index < -0.39 is 5.97 Å². The molecule has 2 aromatic rings. The van der Waals surface area contributed by atoms with Crippen LogP contribution < -0.4 is 10.6 Å². The van der Waals surface area contributed by atoms with Gasteiger partial charge in [-0.15, -0.1) is 0 Å². The van der Waals surface area contributed by atoms with Crippen molar-refractivity contribution in [3.05, 3.63) is 59.2 Å². The van der Waals surface area contributed by atoms with Gasteiger partial charge in [-0.3, -0.25) is 10.1 Å². The number of carboxylic acid groups (broad SMARTS) is 1. The lowest BCUT2D eigenvalue weighted by Gasteiger charge is -2.11. The van der Waals surface area contributed by atoms with Gasteiger partial charge in [0.05, 0.1) is 0 Å². The molecule has 1 amide bonds. The molecule has 6 nitrogen and oxygen atoms in total. The second kappa shape index (κ2) is 6.89. The monoisotopic (exact) mass is 330 g/mol. The smallest absolute Gasteiger partial charge is 0.339 e. The first-order valence-corrected chi connectivity index (χ1v) is 7.03. The van der Waals surface area contributed by atoms with Gasteiger partial charge in [0.1, 0.15) is 11.3 Å². The van der Waals surface area contributed by atoms with Gasteiger partial charge in [0.15, 0.2) is 5.11 Å². The van der Waals surface area contributed by atoms with E-state index in [9.17, 15) is 14.7 Å². The van der Waals surface area contributed by atoms with E-state index in [4.69, 9.17) is 17.3 Å². The maximum Gasteiger partial charge on any atom is 0.339 e. The van der Waals surface area contributed by atoms with Crippen LogP contribution in [-0.2, 0) is 0 Å². The zero-order valence-electron chi connectivity index (χ0n) is 12.2. The number of rotatable bonds is 3. The van der Waals surface area contributed by atoms with Gasteiger partial charge in [-0.05, 0) is 49.5 Å². The first-order valence-electron chi connectivity index (χ1n) is 6.62. The lowest BCUT2D eigenvalue weighted by molar-refractivity contribution is 0.0693. The first-order chi connectivity index (χ1) is 10.9. The number of aromatic hydroxyl groups is 1. The maximum absolute atomic E-state index is 12.1. The lowest BCUT2D eigenvalue weighted by atomic mass is 10.1. The van der Waals surface area contributed by atoms with E-state index in [1.54, 1.807) is 18.2 Å². The lowest BCUT2D eigenvalue weighted by Crippen LogP contribution is -2.34. The van der Waals surface area contributed by atoms with Crippen molar-refractivity contribution in [2.24, 2.45) is 0 Å². The third-order valence-corrected chi connectivity index (χ3v) is 3.20. The number of carbonyl (C=O) groups is 2. The highest BCUT2D eigenvalue weighted by molar-refractivity contribution is 7.80. The SMILES string of the molecule is Cc1cccc(C(=O)NC(=S)Nc2ccc(O)c(C(=O)O)c2)c1. The summed E-state index contributed by atoms with van der Waals surface area (Å²) in [7, 11) is 0. The summed E-state index contributed by atoms with van der Waals surface area (Å²) >= 11 is 5.03. The predicted octanol–water partition coefficient (Wildman–Crippen LogP) is 2.53. The van der Waals surface area contributed by atoms with Crippen LogP contribution in [-0.4, -0.2) is 27.2 Å². The molecule has 23 heavy (non-hydrogen) atoms. The van der Waals surface area contributed by atoms with Gasteiger partial charge in [0.2, 0.25) is 0 Å². The van der Waals surface area contributed by atoms with Crippen molar-refractivity contribution in [2.75, 3.05) is 5.32 Å². The second-order valence-electron chi connectivity index (χ2n) is 4.81. The zero-order chi connectivity index (χ0) is 17.0. The van der Waals surface area contributed by atoms with Crippen LogP contribution in [0.5, 0.6) is 5.75 Å². The molecule has 0 fully saturated rings. The minimum absolute atomic E-state index is 0.0264. The van der Waals surface area contributed by atoms with Crippen molar-refractivity contribution in [3.63, 3.8) is 0 Å². The summed E-state index contributed by atoms with van der Waals surface area (Å²) < 4.78 is 0. The molecule has 0 aromatic heterocycles. The fraction of sp³-hybridized carbons (Fsp3) is 0.0625. The summed E-state index contributed by atoms with van der Waals surface area (Å²) in [4.78, 5) is 23.0. The average Bonchev–Trinajstić information content (AvgIpc) is 2.48. The van der Waals surface area contributed by atoms with Crippen LogP contribution in [0.3, 0.4) is 0 Å². The molecule has 0 unspecified atom stereocenters. The number of hydrogen-bond acceptors (Lipinski definition) is 4. The Morgan fingerprint density at radius 2 is 1.87 bits per heavy atom. The number of phenols is 1. The summed E-state index contributed by atoms with van der Waals surface area (Å²) in [6.07, 6.45) is 0. The van der Waals surface area contributed by atoms with Crippen LogP contribution in [0.4, 0.5) is 5.69 Å². The highest BCUT2D eigenvalue weighted by atomic mass is 32.1. The molecule has 0 aliphatic carbocycles. The molecule has 0 bridgehead atoms. The van der Waals surface area contributed by atoms with Gasteiger partial charge in [-0.25, -0.2) is 4.79 Å². The number of anilines is 1. The van der Waals surface area contributed by atoms with E-state index >= 15 is 0 Å². The Balaban J connectivity index is 2.06. The molecule has 0 aliphatic rings. The largest absolute Gasteiger partial charge is 0.507 e. The van der Waals surface area contributed by atoms with E-state index in [0.29, 0.717) is 11.3 Å². The van der Waals surface area contributed by atoms with Crippen molar-refractivity contribution in [1.29, 1.82) is 0 Å². The Hall–Kier alpha value is -2.93. The van der Waals surface area contributed by atoms with Gasteiger partial charge in [0, 0.05) is 11.3 Å². The fourth-order valence-electron chi connectivity index (χ4n) is 1.91. The number of carboxylic acids is 1. The number of benzene rings is 2. The van der Waals surface area contributed by atoms with Crippen LogP contribution in [0.1, 0.15) is 26.3 Å². The van der Waals surface area contributed by atoms with Crippen molar-refractivity contribution in [3.8, 4) is 5.75 Å². The molecule has 2 rings (SSSR count). The molecule has 0 saturated carbocycles. The minimum atomic E-state index is -1.26. The first kappa shape index (κ1) is 16.4. The quantitative estimate of drug-likeness (QED) is 0.510. The van der Waals surface area contributed by atoms with Crippen molar-refractivity contribution in [2.45, 2.75) is 6.92 Å². The summed E-state index contributed by atoms with van der Waals surface area (Å²) in [5, 5.41) is 23.6. The highest BCUT2D eigenvalue weighted by Crippen LogP contribution is 2.21. The second-order valence-corrected chi connectivity index (χ2v) is 5.22. The van der Waals surface area contributed by atoms with Crippen molar-refractivity contribution >= 4 is 34.9 Å². The van der Waals surface area contributed by atoms with E-state index in [2.05, 4.69) is 10.6 Å². The fourth-order valence-corrected chi connectivity index (χ4v) is 2.12. The number of amides is 1. The third kappa shape index (κ3) is 4.27. The molecular weight excluding hydrogens is 316 g/mol. The molecule has 4 N–H and O–H groups in total. The molecule has 0 spiro atoms. The topological polar surface area (TPSA) is 98.7 Å². The number of nitrogens with one attached hydrogen (secondary N) is 2. The summed E-state index contributed by atoms with van der Waals surface area (Å²) in [5.41, 5.74) is 1.49. The molecule has 7 heteroatoms. The number of hydrogen-bond donors (Lipinski definition) is 4. The molecular formula is C16H14N2O4S. The predicted molar refractivity (Wildman–Crippen MR) is 89.9 cm³/mol. The van der Waals surface area contributed by atoms with Gasteiger partial charge >= 0.3 is 5.97 Å². The molecule has 118 valence electrons. The van der Waals surface area contributed by atoms with Crippen molar-refractivity contribution in [1.82, 2.24) is 5.32 Å². The highest BCUT2D eigenvalue weighted by Gasteiger charge is 2.12. The van der Waals surface area contributed by atoms with E-state index in [0.717, 1.165) is 5.56 Å². The Bertz CT molecular complexity index is 789. The maximum atomic E-state index is 12.1. The third-order valence-electron chi connectivity index (χ3n) is 2.99. The number of aromatic carboxylic acids is 1. The van der Waals surface area contributed by atoms with Gasteiger partial charge in [-0.1, -0.05) is 17.7 Å². The molecule has 0 atom stereocenters. The molecule has 2 aromatic carbocycles. The number of thiocarbonyl (C=S) groups is 1. The summed E-state index contributed by atoms with van der Waals surface area (Å²) in [6, 6.07) is 10.9. The summed E-state index contributed by atoms with van der Waals surface area (Å²) in [6.45, 7) is 1.87. The van der Waals surface area contributed by atoms with E-state index in [1.165, 1.54) is 18.2 Å². The van der Waals surface area contributed by atoms with Gasteiger partial charge < -0.3 is 15.5 Å². The Morgan fingerprint density at radius 1 is 1.13 bits per heavy atom. The number of aryl methyl sites for hydroxylation is 1. The van der Waals surface area contributed by atoms with Crippen molar-refractivity contribution < 1.29 is 19.8 Å². The Labute approximate surface area is 137 Å². The Kier molecular flexibility index (Phi) is 4.92.